The molecule has 3 aliphatic rings. The molecule has 1 aromatic heterocycles. The number of anilines is 3. The van der Waals surface area contributed by atoms with Crippen LogP contribution in [0.3, 0.4) is 0 Å². The topological polar surface area (TPSA) is 145 Å². The van der Waals surface area contributed by atoms with Crippen LogP contribution in [0.1, 0.15) is 25.3 Å². The highest BCUT2D eigenvalue weighted by Crippen LogP contribution is 2.29. The van der Waals surface area contributed by atoms with Gasteiger partial charge in [-0.15, -0.1) is 0 Å². The summed E-state index contributed by atoms with van der Waals surface area (Å²) >= 11 is 0. The van der Waals surface area contributed by atoms with Gasteiger partial charge in [-0.3, -0.25) is 14.7 Å². The first-order valence-corrected chi connectivity index (χ1v) is 15.5. The molecule has 3 aliphatic heterocycles. The molecule has 0 radical (unpaired) electrons. The summed E-state index contributed by atoms with van der Waals surface area (Å²) in [6.07, 6.45) is 2.98. The summed E-state index contributed by atoms with van der Waals surface area (Å²) < 4.78 is 11.6. The number of carbonyl (C=O) groups is 1. The Kier molecular flexibility index (Phi) is 9.38. The van der Waals surface area contributed by atoms with Crippen molar-refractivity contribution in [3.63, 3.8) is 0 Å². The Bertz CT molecular complexity index is 1550. The van der Waals surface area contributed by atoms with Crippen LogP contribution in [0.25, 0.3) is 11.3 Å². The molecule has 3 aromatic rings. The number of hydrogen-bond donors (Lipinski definition) is 2. The molecule has 4 heterocycles. The van der Waals surface area contributed by atoms with Gasteiger partial charge < -0.3 is 30.3 Å². The number of amides is 1. The van der Waals surface area contributed by atoms with E-state index in [1.54, 1.807) is 24.1 Å². The van der Waals surface area contributed by atoms with Crippen LogP contribution in [0.2, 0.25) is 0 Å². The molecule has 45 heavy (non-hydrogen) atoms. The lowest BCUT2D eigenvalue weighted by Crippen LogP contribution is -2.56. The zero-order valence-corrected chi connectivity index (χ0v) is 25.6. The number of piperidine rings is 1. The molecule has 0 atom stereocenters. The van der Waals surface area contributed by atoms with E-state index in [2.05, 4.69) is 43.3 Å². The third-order valence-electron chi connectivity index (χ3n) is 8.54. The van der Waals surface area contributed by atoms with Gasteiger partial charge in [0.2, 0.25) is 11.9 Å². The quantitative estimate of drug-likeness (QED) is 0.274. The third kappa shape index (κ3) is 7.50. The molecule has 0 spiro atoms. The average molecular weight is 610 g/mol. The Balaban J connectivity index is 1.04. The number of piperazine rings is 1. The highest BCUT2D eigenvalue weighted by Gasteiger charge is 2.29. The van der Waals surface area contributed by atoms with E-state index < -0.39 is 0 Å². The van der Waals surface area contributed by atoms with Gasteiger partial charge in [0, 0.05) is 75.2 Å². The number of aliphatic imine (C=N–C) groups is 1. The summed E-state index contributed by atoms with van der Waals surface area (Å²) in [5.41, 5.74) is 9.58. The number of likely N-dealkylation sites (tertiary alicyclic amines) is 1. The average Bonchev–Trinajstić information content (AvgIpc) is 3.04. The summed E-state index contributed by atoms with van der Waals surface area (Å²) in [6.45, 7) is 8.75. The Morgan fingerprint density at radius 1 is 1.09 bits per heavy atom. The van der Waals surface area contributed by atoms with Crippen molar-refractivity contribution in [1.29, 1.82) is 5.26 Å². The molecule has 2 aromatic carbocycles. The summed E-state index contributed by atoms with van der Waals surface area (Å²) in [4.78, 5) is 32.2. The maximum absolute atomic E-state index is 12.3. The van der Waals surface area contributed by atoms with Crippen LogP contribution in [0.5, 0.6) is 5.75 Å². The fourth-order valence-corrected chi connectivity index (χ4v) is 5.82. The minimum atomic E-state index is -0.0833. The van der Waals surface area contributed by atoms with Gasteiger partial charge >= 0.3 is 0 Å². The molecule has 6 rings (SSSR count). The second kappa shape index (κ2) is 13.9. The number of amidine groups is 1. The van der Waals surface area contributed by atoms with Crippen LogP contribution in [0.4, 0.5) is 17.3 Å². The lowest BCUT2D eigenvalue weighted by Gasteiger charge is -2.43. The van der Waals surface area contributed by atoms with E-state index in [1.165, 1.54) is 5.69 Å². The number of rotatable bonds is 9. The number of nitrogens with one attached hydrogen (secondary N) is 1. The van der Waals surface area contributed by atoms with E-state index >= 15 is 0 Å². The smallest absolute Gasteiger partial charge is 0.244 e. The standard InChI is InChI=1S/C33H39N9O3/c1-23(35)37-20-32(43)42-12-9-29(10-13-42)45-31-7-2-24(18-25(31)19-34)30-8-11-36-33(39-30)38-26-3-5-27(6-4-26)40-14-16-41(17-15-40)28-21-44-22-28/h2-8,11,18,28-29H,9-10,12-17,20-22H2,1H3,(H2,35,37)(H,36,38,39). The van der Waals surface area contributed by atoms with Crippen molar-refractivity contribution < 1.29 is 14.3 Å². The summed E-state index contributed by atoms with van der Waals surface area (Å²) in [6, 6.07) is 18.5. The van der Waals surface area contributed by atoms with E-state index in [4.69, 9.17) is 20.2 Å². The first-order chi connectivity index (χ1) is 21.9. The number of carbonyl (C=O) groups excluding carboxylic acids is 1. The Labute approximate surface area is 263 Å². The maximum Gasteiger partial charge on any atom is 0.244 e. The van der Waals surface area contributed by atoms with Crippen molar-refractivity contribution >= 4 is 29.1 Å². The molecular weight excluding hydrogens is 570 g/mol. The highest BCUT2D eigenvalue weighted by atomic mass is 16.5. The molecule has 12 heteroatoms. The Morgan fingerprint density at radius 2 is 1.84 bits per heavy atom. The molecular formula is C33H39N9O3. The molecule has 0 aliphatic carbocycles. The van der Waals surface area contributed by atoms with Crippen molar-refractivity contribution in [1.82, 2.24) is 19.8 Å². The van der Waals surface area contributed by atoms with Crippen LogP contribution in [0.15, 0.2) is 59.7 Å². The van der Waals surface area contributed by atoms with Crippen molar-refractivity contribution in [3.05, 3.63) is 60.3 Å². The van der Waals surface area contributed by atoms with Crippen LogP contribution >= 0.6 is 0 Å². The minimum absolute atomic E-state index is 0.0412. The van der Waals surface area contributed by atoms with Crippen LogP contribution in [-0.4, -0.2) is 103 Å². The van der Waals surface area contributed by atoms with Crippen molar-refractivity contribution in [2.75, 3.05) is 69.2 Å². The van der Waals surface area contributed by atoms with E-state index in [1.807, 2.05) is 30.3 Å². The van der Waals surface area contributed by atoms with Gasteiger partial charge in [0.15, 0.2) is 0 Å². The summed E-state index contributed by atoms with van der Waals surface area (Å²) in [7, 11) is 0. The molecule has 3 fully saturated rings. The molecule has 0 unspecified atom stereocenters. The van der Waals surface area contributed by atoms with Gasteiger partial charge in [0.1, 0.15) is 24.5 Å². The molecule has 3 saturated heterocycles. The molecule has 0 bridgehead atoms. The first kappa shape index (κ1) is 30.3. The summed E-state index contributed by atoms with van der Waals surface area (Å²) in [5, 5.41) is 13.2. The van der Waals surface area contributed by atoms with Gasteiger partial charge in [-0.2, -0.15) is 5.26 Å². The molecule has 234 valence electrons. The van der Waals surface area contributed by atoms with Crippen molar-refractivity contribution in [3.8, 4) is 23.1 Å². The lowest BCUT2D eigenvalue weighted by atomic mass is 10.1. The normalized spacial score (nSPS) is 18.3. The minimum Gasteiger partial charge on any atom is -0.489 e. The van der Waals surface area contributed by atoms with Gasteiger partial charge in [0.25, 0.3) is 0 Å². The fourth-order valence-electron chi connectivity index (χ4n) is 5.82. The maximum atomic E-state index is 12.3. The molecule has 12 nitrogen and oxygen atoms in total. The molecule has 1 amide bonds. The predicted octanol–water partition coefficient (Wildman–Crippen LogP) is 3.03. The third-order valence-corrected chi connectivity index (χ3v) is 8.54. The van der Waals surface area contributed by atoms with E-state index in [9.17, 15) is 10.1 Å². The Hall–Kier alpha value is -4.73. The molecule has 3 N–H and O–H groups in total. The van der Waals surface area contributed by atoms with E-state index in [0.29, 0.717) is 60.8 Å². The van der Waals surface area contributed by atoms with E-state index in [-0.39, 0.29) is 18.6 Å². The van der Waals surface area contributed by atoms with Gasteiger partial charge in [-0.05, 0) is 55.5 Å². The second-order valence-corrected chi connectivity index (χ2v) is 11.6. The van der Waals surface area contributed by atoms with Crippen LogP contribution < -0.4 is 20.7 Å². The van der Waals surface area contributed by atoms with E-state index in [0.717, 1.165) is 50.6 Å². The Morgan fingerprint density at radius 3 is 2.51 bits per heavy atom. The van der Waals surface area contributed by atoms with Crippen molar-refractivity contribution in [2.24, 2.45) is 10.7 Å². The van der Waals surface area contributed by atoms with Crippen LogP contribution in [-0.2, 0) is 9.53 Å². The number of hydrogen-bond acceptors (Lipinski definition) is 10. The van der Waals surface area contributed by atoms with Gasteiger partial charge in [0.05, 0.1) is 36.3 Å². The second-order valence-electron chi connectivity index (χ2n) is 11.6. The predicted molar refractivity (Wildman–Crippen MR) is 173 cm³/mol. The number of benzene rings is 2. The number of ether oxygens (including phenoxy) is 2. The molecule has 0 saturated carbocycles. The number of nitrogens with two attached hydrogens (primary N) is 1. The fraction of sp³-hybridized carbons (Fsp3) is 0.424. The lowest BCUT2D eigenvalue weighted by molar-refractivity contribution is -0.131. The van der Waals surface area contributed by atoms with Crippen molar-refractivity contribution in [2.45, 2.75) is 31.9 Å². The highest BCUT2D eigenvalue weighted by molar-refractivity contribution is 5.83. The van der Waals surface area contributed by atoms with Crippen LogP contribution in [0, 0.1) is 11.3 Å². The largest absolute Gasteiger partial charge is 0.489 e. The van der Waals surface area contributed by atoms with Gasteiger partial charge in [-0.25, -0.2) is 9.97 Å². The number of aromatic nitrogens is 2. The van der Waals surface area contributed by atoms with Gasteiger partial charge in [-0.1, -0.05) is 0 Å². The zero-order chi connectivity index (χ0) is 31.2. The summed E-state index contributed by atoms with van der Waals surface area (Å²) in [5.74, 6) is 1.36. The number of nitrogens with zero attached hydrogens (tertiary/aromatic N) is 7. The SMILES string of the molecule is CC(N)=NCC(=O)N1CCC(Oc2ccc(-c3ccnc(Nc4ccc(N5CCN(C6COC6)CC5)cc4)n3)cc2C#N)CC1. The monoisotopic (exact) mass is 609 g/mol. The number of nitriles is 1. The first-order valence-electron chi connectivity index (χ1n) is 15.5. The zero-order valence-electron chi connectivity index (χ0n) is 25.6.